The molecule has 78 valence electrons. The number of anilines is 1. The summed E-state index contributed by atoms with van der Waals surface area (Å²) >= 11 is 0. The van der Waals surface area contributed by atoms with Crippen molar-refractivity contribution in [2.75, 3.05) is 18.9 Å². The van der Waals surface area contributed by atoms with Crippen LogP contribution in [0.2, 0.25) is 0 Å². The second-order valence-electron chi connectivity index (χ2n) is 3.51. The van der Waals surface area contributed by atoms with Gasteiger partial charge in [-0.05, 0) is 6.42 Å². The highest BCUT2D eigenvalue weighted by Crippen LogP contribution is 2.29. The van der Waals surface area contributed by atoms with Crippen molar-refractivity contribution in [2.45, 2.75) is 12.5 Å². The number of H-pyrrole nitrogens is 1. The molecule has 2 unspecified atom stereocenters. The number of hydrogen-bond acceptors (Lipinski definition) is 5. The molecule has 14 heavy (non-hydrogen) atoms. The molecule has 0 spiro atoms. The molecule has 0 amide bonds. The van der Waals surface area contributed by atoms with Gasteiger partial charge >= 0.3 is 0 Å². The molecular formula is C8H15N5O. The molecule has 2 heterocycles. The number of hydrazine groups is 1. The number of hydrogen-bond donors (Lipinski definition) is 4. The number of aromatic nitrogens is 2. The Morgan fingerprint density at radius 3 is 3.07 bits per heavy atom. The third kappa shape index (κ3) is 1.59. The number of nitrogens with one attached hydrogen (secondary N) is 2. The van der Waals surface area contributed by atoms with E-state index in [0.717, 1.165) is 25.2 Å². The van der Waals surface area contributed by atoms with Crippen LogP contribution in [0.15, 0.2) is 6.20 Å². The highest BCUT2D eigenvalue weighted by Gasteiger charge is 2.28. The summed E-state index contributed by atoms with van der Waals surface area (Å²) in [5, 5.41) is 6.57. The quantitative estimate of drug-likeness (QED) is 0.387. The van der Waals surface area contributed by atoms with E-state index in [1.165, 1.54) is 0 Å². The molecule has 0 bridgehead atoms. The minimum atomic E-state index is 0.0243. The minimum Gasteiger partial charge on any atom is -0.384 e. The van der Waals surface area contributed by atoms with E-state index in [-0.39, 0.29) is 6.04 Å². The minimum absolute atomic E-state index is 0.0243. The Kier molecular flexibility index (Phi) is 2.67. The zero-order chi connectivity index (χ0) is 9.97. The summed E-state index contributed by atoms with van der Waals surface area (Å²) in [6.45, 7) is 1.51. The fourth-order valence-corrected chi connectivity index (χ4v) is 1.85. The molecule has 6 N–H and O–H groups in total. The molecule has 1 aromatic heterocycles. The first-order valence-electron chi connectivity index (χ1n) is 4.65. The summed E-state index contributed by atoms with van der Waals surface area (Å²) < 4.78 is 5.31. The third-order valence-corrected chi connectivity index (χ3v) is 2.65. The Morgan fingerprint density at radius 2 is 2.57 bits per heavy atom. The molecular weight excluding hydrogens is 182 g/mol. The molecule has 0 radical (unpaired) electrons. The highest BCUT2D eigenvalue weighted by atomic mass is 16.5. The van der Waals surface area contributed by atoms with E-state index in [9.17, 15) is 0 Å². The molecule has 0 aromatic carbocycles. The molecule has 0 saturated carbocycles. The summed E-state index contributed by atoms with van der Waals surface area (Å²) in [5.74, 6) is 6.45. The van der Waals surface area contributed by atoms with Crippen molar-refractivity contribution < 1.29 is 4.74 Å². The van der Waals surface area contributed by atoms with E-state index in [2.05, 4.69) is 15.6 Å². The van der Waals surface area contributed by atoms with E-state index in [4.69, 9.17) is 16.3 Å². The van der Waals surface area contributed by atoms with Crippen LogP contribution in [0.1, 0.15) is 18.0 Å². The molecule has 2 rings (SSSR count). The number of nitrogens with two attached hydrogens (primary N) is 2. The second-order valence-corrected chi connectivity index (χ2v) is 3.51. The van der Waals surface area contributed by atoms with Gasteiger partial charge in [0.05, 0.1) is 18.8 Å². The first kappa shape index (κ1) is 9.45. The lowest BCUT2D eigenvalue weighted by atomic mass is 9.94. The van der Waals surface area contributed by atoms with Gasteiger partial charge in [0.2, 0.25) is 0 Å². The Hall–Kier alpha value is -1.11. The molecule has 1 saturated heterocycles. The van der Waals surface area contributed by atoms with Crippen LogP contribution in [0.4, 0.5) is 5.82 Å². The third-order valence-electron chi connectivity index (χ3n) is 2.65. The smallest absolute Gasteiger partial charge is 0.123 e. The molecule has 2 atom stereocenters. The van der Waals surface area contributed by atoms with Crippen LogP contribution in [0.3, 0.4) is 0 Å². The molecule has 6 nitrogen and oxygen atoms in total. The van der Waals surface area contributed by atoms with Gasteiger partial charge in [0, 0.05) is 18.1 Å². The lowest BCUT2D eigenvalue weighted by molar-refractivity contribution is 0.177. The molecule has 1 aromatic rings. The fourth-order valence-electron chi connectivity index (χ4n) is 1.85. The van der Waals surface area contributed by atoms with Gasteiger partial charge in [0.25, 0.3) is 0 Å². The van der Waals surface area contributed by atoms with E-state index in [0.29, 0.717) is 11.7 Å². The number of rotatable bonds is 3. The van der Waals surface area contributed by atoms with Gasteiger partial charge in [-0.3, -0.25) is 16.4 Å². The number of aromatic amines is 1. The maximum atomic E-state index is 5.73. The van der Waals surface area contributed by atoms with Gasteiger partial charge in [0.15, 0.2) is 0 Å². The Labute approximate surface area is 82.0 Å². The highest BCUT2D eigenvalue weighted by molar-refractivity contribution is 5.39. The van der Waals surface area contributed by atoms with Crippen molar-refractivity contribution in [2.24, 2.45) is 11.8 Å². The van der Waals surface area contributed by atoms with Crippen molar-refractivity contribution >= 4 is 5.82 Å². The summed E-state index contributed by atoms with van der Waals surface area (Å²) in [6.07, 6.45) is 2.71. The van der Waals surface area contributed by atoms with Crippen LogP contribution in [-0.2, 0) is 4.74 Å². The Bertz CT molecular complexity index is 294. The van der Waals surface area contributed by atoms with Crippen molar-refractivity contribution in [1.82, 2.24) is 15.6 Å². The van der Waals surface area contributed by atoms with Crippen molar-refractivity contribution in [3.63, 3.8) is 0 Å². The fraction of sp³-hybridized carbons (Fsp3) is 0.625. The molecule has 1 aliphatic rings. The predicted molar refractivity (Wildman–Crippen MR) is 52.0 cm³/mol. The average molecular weight is 197 g/mol. The maximum absolute atomic E-state index is 5.73. The van der Waals surface area contributed by atoms with E-state index < -0.39 is 0 Å². The van der Waals surface area contributed by atoms with Gasteiger partial charge in [-0.1, -0.05) is 0 Å². The van der Waals surface area contributed by atoms with Gasteiger partial charge in [-0.2, -0.15) is 5.10 Å². The summed E-state index contributed by atoms with van der Waals surface area (Å²) in [5.41, 5.74) is 9.42. The SMILES string of the molecule is NNC(c1cn[nH]c1N)C1CCOC1. The Balaban J connectivity index is 2.16. The zero-order valence-corrected chi connectivity index (χ0v) is 7.86. The molecule has 1 aliphatic heterocycles. The van der Waals surface area contributed by atoms with Gasteiger partial charge in [-0.15, -0.1) is 0 Å². The number of nitrogen functional groups attached to an aromatic ring is 1. The monoisotopic (exact) mass is 197 g/mol. The van der Waals surface area contributed by atoms with Crippen molar-refractivity contribution in [1.29, 1.82) is 0 Å². The van der Waals surface area contributed by atoms with Crippen molar-refractivity contribution in [3.8, 4) is 0 Å². The number of ether oxygens (including phenoxy) is 1. The van der Waals surface area contributed by atoms with Gasteiger partial charge < -0.3 is 10.5 Å². The molecule has 6 heteroatoms. The standard InChI is InChI=1S/C8H15N5O/c9-8-6(3-11-13-8)7(12-10)5-1-2-14-4-5/h3,5,7,12H,1-2,4,10H2,(H3,9,11,13). The Morgan fingerprint density at radius 1 is 1.71 bits per heavy atom. The van der Waals surface area contributed by atoms with E-state index in [1.807, 2.05) is 0 Å². The van der Waals surface area contributed by atoms with Crippen LogP contribution in [0, 0.1) is 5.92 Å². The maximum Gasteiger partial charge on any atom is 0.123 e. The topological polar surface area (TPSA) is 102 Å². The summed E-state index contributed by atoms with van der Waals surface area (Å²) in [7, 11) is 0. The largest absolute Gasteiger partial charge is 0.384 e. The second kappa shape index (κ2) is 3.95. The zero-order valence-electron chi connectivity index (χ0n) is 7.86. The number of nitrogens with zero attached hydrogens (tertiary/aromatic N) is 1. The predicted octanol–water partition coefficient (Wildman–Crippen LogP) is -0.467. The molecule has 1 fully saturated rings. The van der Waals surface area contributed by atoms with Crippen LogP contribution < -0.4 is 17.0 Å². The average Bonchev–Trinajstić information content (AvgIpc) is 2.80. The van der Waals surface area contributed by atoms with Gasteiger partial charge in [0.1, 0.15) is 5.82 Å². The lowest BCUT2D eigenvalue weighted by Crippen LogP contribution is -2.34. The first-order valence-corrected chi connectivity index (χ1v) is 4.65. The van der Waals surface area contributed by atoms with Crippen LogP contribution in [-0.4, -0.2) is 23.4 Å². The first-order chi connectivity index (χ1) is 6.83. The van der Waals surface area contributed by atoms with E-state index in [1.54, 1.807) is 6.20 Å². The van der Waals surface area contributed by atoms with Crippen molar-refractivity contribution in [3.05, 3.63) is 11.8 Å². The van der Waals surface area contributed by atoms with Crippen LogP contribution in [0.25, 0.3) is 0 Å². The lowest BCUT2D eigenvalue weighted by Gasteiger charge is -2.20. The summed E-state index contributed by atoms with van der Waals surface area (Å²) in [6, 6.07) is 0.0243. The van der Waals surface area contributed by atoms with Crippen LogP contribution in [0.5, 0.6) is 0 Å². The van der Waals surface area contributed by atoms with E-state index >= 15 is 0 Å². The summed E-state index contributed by atoms with van der Waals surface area (Å²) in [4.78, 5) is 0. The normalized spacial score (nSPS) is 23.9. The van der Waals surface area contributed by atoms with Crippen LogP contribution >= 0.6 is 0 Å². The van der Waals surface area contributed by atoms with Gasteiger partial charge in [-0.25, -0.2) is 0 Å². The molecule has 0 aliphatic carbocycles.